The zero-order chi connectivity index (χ0) is 17.9. The van der Waals surface area contributed by atoms with Crippen LogP contribution in [0, 0.1) is 0 Å². The maximum Gasteiger partial charge on any atom is 0.262 e. The minimum atomic E-state index is -0.223. The van der Waals surface area contributed by atoms with Crippen molar-refractivity contribution in [2.24, 2.45) is 0 Å². The van der Waals surface area contributed by atoms with E-state index in [2.05, 4.69) is 32.1 Å². The van der Waals surface area contributed by atoms with Gasteiger partial charge in [0.2, 0.25) is 5.89 Å². The van der Waals surface area contributed by atoms with Crippen LogP contribution in [-0.4, -0.2) is 29.9 Å². The highest BCUT2D eigenvalue weighted by Crippen LogP contribution is 2.20. The fraction of sp³-hybridized carbons (Fsp3) is 0.235. The normalized spacial score (nSPS) is 11.3. The molecule has 1 N–H and O–H groups in total. The number of aryl methyl sites for hydroxylation is 1. The van der Waals surface area contributed by atoms with Crippen LogP contribution in [0.3, 0.4) is 0 Å². The molecule has 0 aliphatic carbocycles. The molecular formula is C17H16N6O2S. The molecule has 0 radical (unpaired) electrons. The molecule has 0 unspecified atom stereocenters. The van der Waals surface area contributed by atoms with E-state index in [1.54, 1.807) is 4.68 Å². The average Bonchev–Trinajstić information content (AvgIpc) is 3.28. The number of H-pyrrole nitrogens is 1. The summed E-state index contributed by atoms with van der Waals surface area (Å²) >= 11 is 1.35. The first-order chi connectivity index (χ1) is 12.7. The van der Waals surface area contributed by atoms with E-state index in [0.717, 1.165) is 18.5 Å². The largest absolute Gasteiger partial charge is 0.339 e. The zero-order valence-corrected chi connectivity index (χ0v) is 14.9. The maximum absolute atomic E-state index is 12.3. The van der Waals surface area contributed by atoms with Crippen LogP contribution >= 0.6 is 11.8 Å². The number of hydrogen-bond donors (Lipinski definition) is 1. The lowest BCUT2D eigenvalue weighted by atomic mass is 10.3. The van der Waals surface area contributed by atoms with Gasteiger partial charge in [-0.3, -0.25) is 4.79 Å². The van der Waals surface area contributed by atoms with E-state index in [1.807, 2.05) is 30.3 Å². The minimum absolute atomic E-state index is 0.223. The fourth-order valence-electron chi connectivity index (χ4n) is 2.52. The number of aromatic amines is 1. The number of thioether (sulfide) groups is 1. The molecule has 0 spiro atoms. The number of rotatable bonds is 6. The van der Waals surface area contributed by atoms with Crippen molar-refractivity contribution in [3.05, 3.63) is 58.6 Å². The Morgan fingerprint density at radius 2 is 2.08 bits per heavy atom. The summed E-state index contributed by atoms with van der Waals surface area (Å²) in [6.45, 7) is 2.05. The van der Waals surface area contributed by atoms with E-state index in [9.17, 15) is 4.79 Å². The Labute approximate surface area is 152 Å². The van der Waals surface area contributed by atoms with Gasteiger partial charge >= 0.3 is 0 Å². The second-order valence-electron chi connectivity index (χ2n) is 5.64. The van der Waals surface area contributed by atoms with E-state index in [1.165, 1.54) is 18.0 Å². The molecule has 0 amide bonds. The van der Waals surface area contributed by atoms with Gasteiger partial charge in [-0.25, -0.2) is 9.67 Å². The van der Waals surface area contributed by atoms with E-state index in [-0.39, 0.29) is 5.56 Å². The summed E-state index contributed by atoms with van der Waals surface area (Å²) in [6, 6.07) is 9.58. The van der Waals surface area contributed by atoms with Crippen molar-refractivity contribution in [2.45, 2.75) is 30.7 Å². The van der Waals surface area contributed by atoms with Gasteiger partial charge in [0.05, 0.1) is 17.6 Å². The van der Waals surface area contributed by atoms with Crippen LogP contribution in [-0.2, 0) is 12.2 Å². The number of fused-ring (bicyclic) bond motifs is 1. The number of hydrogen-bond acceptors (Lipinski definition) is 7. The Morgan fingerprint density at radius 1 is 1.23 bits per heavy atom. The molecule has 0 aliphatic heterocycles. The second kappa shape index (κ2) is 7.12. The molecule has 0 atom stereocenters. The third-order valence-electron chi connectivity index (χ3n) is 3.73. The minimum Gasteiger partial charge on any atom is -0.339 e. The smallest absolute Gasteiger partial charge is 0.262 e. The first-order valence-corrected chi connectivity index (χ1v) is 9.21. The SMILES string of the molecule is CCCc1nc(CSc2nc3c(cnn3-c3ccccc3)c(=O)[nH]2)no1. The molecule has 4 rings (SSSR count). The van der Waals surface area contributed by atoms with Gasteiger partial charge in [-0.05, 0) is 18.6 Å². The quantitative estimate of drug-likeness (QED) is 0.412. The average molecular weight is 368 g/mol. The van der Waals surface area contributed by atoms with Gasteiger partial charge in [0, 0.05) is 6.42 Å². The molecule has 1 aromatic carbocycles. The third-order valence-corrected chi connectivity index (χ3v) is 4.60. The van der Waals surface area contributed by atoms with Gasteiger partial charge < -0.3 is 9.51 Å². The highest BCUT2D eigenvalue weighted by Gasteiger charge is 2.13. The molecule has 3 aromatic heterocycles. The first kappa shape index (κ1) is 16.5. The molecule has 0 bridgehead atoms. The molecule has 4 aromatic rings. The second-order valence-corrected chi connectivity index (χ2v) is 6.61. The monoisotopic (exact) mass is 368 g/mol. The summed E-state index contributed by atoms with van der Waals surface area (Å²) in [5, 5.41) is 9.18. The van der Waals surface area contributed by atoms with Crippen LogP contribution < -0.4 is 5.56 Å². The van der Waals surface area contributed by atoms with Gasteiger partial charge in [-0.2, -0.15) is 10.1 Å². The molecule has 132 valence electrons. The zero-order valence-electron chi connectivity index (χ0n) is 14.0. The Kier molecular flexibility index (Phi) is 4.53. The Bertz CT molecular complexity index is 1090. The third kappa shape index (κ3) is 3.25. The number of para-hydroxylation sites is 1. The molecule has 26 heavy (non-hydrogen) atoms. The van der Waals surface area contributed by atoms with Gasteiger partial charge in [0.1, 0.15) is 5.39 Å². The number of aromatic nitrogens is 6. The lowest BCUT2D eigenvalue weighted by molar-refractivity contribution is 0.373. The van der Waals surface area contributed by atoms with E-state index >= 15 is 0 Å². The summed E-state index contributed by atoms with van der Waals surface area (Å²) < 4.78 is 6.83. The number of nitrogens with one attached hydrogen (secondary N) is 1. The lowest BCUT2D eigenvalue weighted by Crippen LogP contribution is -2.09. The highest BCUT2D eigenvalue weighted by molar-refractivity contribution is 7.98. The van der Waals surface area contributed by atoms with Gasteiger partial charge in [0.15, 0.2) is 16.6 Å². The van der Waals surface area contributed by atoms with Crippen molar-refractivity contribution in [1.82, 2.24) is 29.9 Å². The summed E-state index contributed by atoms with van der Waals surface area (Å²) in [6.07, 6.45) is 3.23. The topological polar surface area (TPSA) is 102 Å². The van der Waals surface area contributed by atoms with Crippen LogP contribution in [0.15, 0.2) is 51.0 Å². The van der Waals surface area contributed by atoms with Crippen molar-refractivity contribution in [2.75, 3.05) is 0 Å². The predicted molar refractivity (Wildman–Crippen MR) is 97.3 cm³/mol. The highest BCUT2D eigenvalue weighted by atomic mass is 32.2. The van der Waals surface area contributed by atoms with Crippen molar-refractivity contribution in [3.63, 3.8) is 0 Å². The fourth-order valence-corrected chi connectivity index (χ4v) is 3.22. The molecule has 3 heterocycles. The summed E-state index contributed by atoms with van der Waals surface area (Å²) in [4.78, 5) is 24.0. The molecule has 0 aliphatic rings. The molecule has 9 heteroatoms. The summed E-state index contributed by atoms with van der Waals surface area (Å²) in [5.74, 6) is 1.67. The van der Waals surface area contributed by atoms with Crippen LogP contribution in [0.4, 0.5) is 0 Å². The molecule has 0 saturated carbocycles. The maximum atomic E-state index is 12.3. The van der Waals surface area contributed by atoms with Crippen LogP contribution in [0.2, 0.25) is 0 Å². The predicted octanol–water partition coefficient (Wildman–Crippen LogP) is 2.74. The molecule has 8 nitrogen and oxygen atoms in total. The van der Waals surface area contributed by atoms with Gasteiger partial charge in [-0.15, -0.1) is 0 Å². The lowest BCUT2D eigenvalue weighted by Gasteiger charge is -2.03. The summed E-state index contributed by atoms with van der Waals surface area (Å²) in [5.41, 5.74) is 1.14. The van der Waals surface area contributed by atoms with Crippen molar-refractivity contribution >= 4 is 22.8 Å². The van der Waals surface area contributed by atoms with E-state index in [4.69, 9.17) is 4.52 Å². The van der Waals surface area contributed by atoms with Crippen molar-refractivity contribution < 1.29 is 4.52 Å². The van der Waals surface area contributed by atoms with Crippen LogP contribution in [0.1, 0.15) is 25.1 Å². The van der Waals surface area contributed by atoms with Crippen LogP contribution in [0.25, 0.3) is 16.7 Å². The first-order valence-electron chi connectivity index (χ1n) is 8.22. The Balaban J connectivity index is 1.62. The molecule has 0 saturated heterocycles. The van der Waals surface area contributed by atoms with Gasteiger partial charge in [-0.1, -0.05) is 42.0 Å². The Hall–Kier alpha value is -2.94. The molecule has 0 fully saturated rings. The Morgan fingerprint density at radius 3 is 2.88 bits per heavy atom. The summed E-state index contributed by atoms with van der Waals surface area (Å²) in [7, 11) is 0. The molecular weight excluding hydrogens is 352 g/mol. The van der Waals surface area contributed by atoms with E-state index in [0.29, 0.717) is 33.7 Å². The van der Waals surface area contributed by atoms with Crippen LogP contribution in [0.5, 0.6) is 0 Å². The van der Waals surface area contributed by atoms with E-state index < -0.39 is 0 Å². The van der Waals surface area contributed by atoms with Crippen molar-refractivity contribution in [3.8, 4) is 5.69 Å². The van der Waals surface area contributed by atoms with Crippen molar-refractivity contribution in [1.29, 1.82) is 0 Å². The van der Waals surface area contributed by atoms with Gasteiger partial charge in [0.25, 0.3) is 5.56 Å². The standard InChI is InChI=1S/C17H16N6O2S/c1-2-6-14-19-13(22-25-14)10-26-17-20-15-12(16(24)21-17)9-18-23(15)11-7-4-3-5-8-11/h3-5,7-9H,2,6,10H2,1H3,(H,20,21,24). The number of benzene rings is 1. The number of nitrogens with zero attached hydrogens (tertiary/aromatic N) is 5.